The summed E-state index contributed by atoms with van der Waals surface area (Å²) in [7, 11) is 1.79. The van der Waals surface area contributed by atoms with Crippen LogP contribution in [0, 0.1) is 5.92 Å². The van der Waals surface area contributed by atoms with Gasteiger partial charge >= 0.3 is 0 Å². The molecule has 0 aliphatic carbocycles. The van der Waals surface area contributed by atoms with Crippen LogP contribution in [0.4, 0.5) is 0 Å². The Morgan fingerprint density at radius 3 is 2.62 bits per heavy atom. The molecular formula is C20H29IN4O. The molecule has 0 amide bonds. The molecule has 2 rings (SSSR count). The maximum Gasteiger partial charge on any atom is 0.191 e. The van der Waals surface area contributed by atoms with Gasteiger partial charge in [0.1, 0.15) is 12.4 Å². The van der Waals surface area contributed by atoms with Crippen molar-refractivity contribution in [3.63, 3.8) is 0 Å². The summed E-state index contributed by atoms with van der Waals surface area (Å²) in [5, 5.41) is 6.74. The zero-order valence-corrected chi connectivity index (χ0v) is 18.2. The summed E-state index contributed by atoms with van der Waals surface area (Å²) in [5.74, 6) is 2.19. The van der Waals surface area contributed by atoms with Crippen molar-refractivity contribution in [1.82, 2.24) is 15.6 Å². The van der Waals surface area contributed by atoms with E-state index >= 15 is 0 Å². The van der Waals surface area contributed by atoms with E-state index in [1.54, 1.807) is 13.2 Å². The van der Waals surface area contributed by atoms with Gasteiger partial charge in [-0.1, -0.05) is 32.0 Å². The second-order valence-corrected chi connectivity index (χ2v) is 6.36. The summed E-state index contributed by atoms with van der Waals surface area (Å²) in [5.41, 5.74) is 2.05. The van der Waals surface area contributed by atoms with Crippen LogP contribution in [0.5, 0.6) is 5.75 Å². The van der Waals surface area contributed by atoms with E-state index < -0.39 is 0 Å². The third kappa shape index (κ3) is 7.59. The molecule has 0 radical (unpaired) electrons. The molecule has 26 heavy (non-hydrogen) atoms. The number of hydrogen-bond donors (Lipinski definition) is 2. The van der Waals surface area contributed by atoms with Gasteiger partial charge in [-0.2, -0.15) is 0 Å². The van der Waals surface area contributed by atoms with Crippen molar-refractivity contribution < 1.29 is 4.74 Å². The molecule has 0 spiro atoms. The maximum absolute atomic E-state index is 5.83. The number of pyridine rings is 1. The van der Waals surface area contributed by atoms with Gasteiger partial charge in [-0.05, 0) is 42.7 Å². The predicted octanol–water partition coefficient (Wildman–Crippen LogP) is 3.99. The fourth-order valence-corrected chi connectivity index (χ4v) is 2.15. The van der Waals surface area contributed by atoms with Crippen LogP contribution in [-0.2, 0) is 13.2 Å². The third-order valence-electron chi connectivity index (χ3n) is 4.06. The van der Waals surface area contributed by atoms with Crippen LogP contribution in [0.2, 0.25) is 0 Å². The highest BCUT2D eigenvalue weighted by Gasteiger charge is 2.08. The fraction of sp³-hybridized carbons (Fsp3) is 0.400. The van der Waals surface area contributed by atoms with Gasteiger partial charge in [-0.3, -0.25) is 9.98 Å². The number of rotatable bonds is 7. The van der Waals surface area contributed by atoms with Crippen molar-refractivity contribution >= 4 is 29.9 Å². The minimum absolute atomic E-state index is 0. The highest BCUT2D eigenvalue weighted by molar-refractivity contribution is 14.0. The quantitative estimate of drug-likeness (QED) is 0.367. The van der Waals surface area contributed by atoms with Crippen molar-refractivity contribution in [3.05, 3.63) is 59.9 Å². The predicted molar refractivity (Wildman–Crippen MR) is 118 cm³/mol. The van der Waals surface area contributed by atoms with Crippen LogP contribution in [0.15, 0.2) is 53.7 Å². The summed E-state index contributed by atoms with van der Waals surface area (Å²) in [4.78, 5) is 8.55. The monoisotopic (exact) mass is 468 g/mol. The van der Waals surface area contributed by atoms with E-state index in [1.165, 1.54) is 0 Å². The molecule has 6 heteroatoms. The van der Waals surface area contributed by atoms with Gasteiger partial charge in [-0.15, -0.1) is 24.0 Å². The van der Waals surface area contributed by atoms with Crippen LogP contribution < -0.4 is 15.4 Å². The number of aromatic nitrogens is 1. The molecule has 0 saturated carbocycles. The van der Waals surface area contributed by atoms with Gasteiger partial charge in [-0.25, -0.2) is 0 Å². The average Bonchev–Trinajstić information content (AvgIpc) is 2.64. The SMILES string of the molecule is CN=C(NCc1cccc(OCc2ccccn2)c1)NC(C)C(C)C.I. The Kier molecular flexibility index (Phi) is 10.0. The first-order valence-corrected chi connectivity index (χ1v) is 8.67. The van der Waals surface area contributed by atoms with E-state index in [1.807, 2.05) is 36.4 Å². The summed E-state index contributed by atoms with van der Waals surface area (Å²) in [6.45, 7) is 7.68. The van der Waals surface area contributed by atoms with Crippen LogP contribution in [0.1, 0.15) is 32.0 Å². The van der Waals surface area contributed by atoms with E-state index in [0.29, 0.717) is 25.1 Å². The lowest BCUT2D eigenvalue weighted by molar-refractivity contribution is 0.301. The molecule has 142 valence electrons. The molecule has 2 aromatic rings. The lowest BCUT2D eigenvalue weighted by Crippen LogP contribution is -2.43. The second kappa shape index (κ2) is 11.7. The van der Waals surface area contributed by atoms with Gasteiger partial charge in [0, 0.05) is 25.8 Å². The number of aliphatic imine (C=N–C) groups is 1. The molecule has 1 unspecified atom stereocenters. The Hall–Kier alpha value is -1.83. The molecule has 2 N–H and O–H groups in total. The van der Waals surface area contributed by atoms with Crippen LogP contribution in [0.3, 0.4) is 0 Å². The Balaban J connectivity index is 0.00000338. The van der Waals surface area contributed by atoms with Crippen molar-refractivity contribution in [2.75, 3.05) is 7.05 Å². The van der Waals surface area contributed by atoms with Crippen molar-refractivity contribution in [2.24, 2.45) is 10.9 Å². The minimum Gasteiger partial charge on any atom is -0.487 e. The summed E-state index contributed by atoms with van der Waals surface area (Å²) < 4.78 is 5.83. The molecule has 0 fully saturated rings. The number of halogens is 1. The zero-order chi connectivity index (χ0) is 18.1. The Bertz CT molecular complexity index is 677. The lowest BCUT2D eigenvalue weighted by atomic mass is 10.1. The Morgan fingerprint density at radius 2 is 1.96 bits per heavy atom. The largest absolute Gasteiger partial charge is 0.487 e. The topological polar surface area (TPSA) is 58.5 Å². The van der Waals surface area contributed by atoms with Crippen LogP contribution in [-0.4, -0.2) is 24.0 Å². The van der Waals surface area contributed by atoms with Crippen molar-refractivity contribution in [1.29, 1.82) is 0 Å². The average molecular weight is 468 g/mol. The van der Waals surface area contributed by atoms with Gasteiger partial charge in [0.05, 0.1) is 5.69 Å². The number of nitrogens with zero attached hydrogens (tertiary/aromatic N) is 2. The summed E-state index contributed by atoms with van der Waals surface area (Å²) in [6.07, 6.45) is 1.77. The third-order valence-corrected chi connectivity index (χ3v) is 4.06. The van der Waals surface area contributed by atoms with E-state index in [9.17, 15) is 0 Å². The van der Waals surface area contributed by atoms with E-state index in [2.05, 4.69) is 47.4 Å². The first-order valence-electron chi connectivity index (χ1n) is 8.67. The van der Waals surface area contributed by atoms with Crippen molar-refractivity contribution in [2.45, 2.75) is 40.0 Å². The molecule has 0 saturated heterocycles. The van der Waals surface area contributed by atoms with E-state index in [4.69, 9.17) is 4.74 Å². The van der Waals surface area contributed by atoms with Gasteiger partial charge in [0.15, 0.2) is 5.96 Å². The molecule has 1 atom stereocenters. The smallest absolute Gasteiger partial charge is 0.191 e. The number of guanidine groups is 1. The highest BCUT2D eigenvalue weighted by Crippen LogP contribution is 2.14. The van der Waals surface area contributed by atoms with Gasteiger partial charge in [0.25, 0.3) is 0 Å². The maximum atomic E-state index is 5.83. The minimum atomic E-state index is 0. The number of benzene rings is 1. The van der Waals surface area contributed by atoms with Gasteiger partial charge in [0.2, 0.25) is 0 Å². The lowest BCUT2D eigenvalue weighted by Gasteiger charge is -2.20. The molecule has 0 bridgehead atoms. The molecular weight excluding hydrogens is 439 g/mol. The normalized spacial score (nSPS) is 12.3. The molecule has 5 nitrogen and oxygen atoms in total. The standard InChI is InChI=1S/C20H28N4O.HI/c1-15(2)16(3)24-20(21-4)23-13-17-8-7-10-19(12-17)25-14-18-9-5-6-11-22-18;/h5-12,15-16H,13-14H2,1-4H3,(H2,21,23,24);1H. The Labute approximate surface area is 173 Å². The number of hydrogen-bond acceptors (Lipinski definition) is 3. The first-order chi connectivity index (χ1) is 12.1. The highest BCUT2D eigenvalue weighted by atomic mass is 127. The van der Waals surface area contributed by atoms with Gasteiger partial charge < -0.3 is 15.4 Å². The molecule has 1 aromatic heterocycles. The second-order valence-electron chi connectivity index (χ2n) is 6.36. The molecule has 1 aromatic carbocycles. The number of ether oxygens (including phenoxy) is 1. The summed E-state index contributed by atoms with van der Waals surface area (Å²) in [6, 6.07) is 14.2. The molecule has 0 aliphatic rings. The fourth-order valence-electron chi connectivity index (χ4n) is 2.15. The zero-order valence-electron chi connectivity index (χ0n) is 15.9. The molecule has 0 aliphatic heterocycles. The summed E-state index contributed by atoms with van der Waals surface area (Å²) >= 11 is 0. The van der Waals surface area contributed by atoms with Crippen molar-refractivity contribution in [3.8, 4) is 5.75 Å². The van der Waals surface area contributed by atoms with E-state index in [0.717, 1.165) is 23.0 Å². The number of nitrogens with one attached hydrogen (secondary N) is 2. The van der Waals surface area contributed by atoms with E-state index in [-0.39, 0.29) is 24.0 Å². The van der Waals surface area contributed by atoms with Crippen LogP contribution >= 0.6 is 24.0 Å². The van der Waals surface area contributed by atoms with Crippen LogP contribution in [0.25, 0.3) is 0 Å². The molecule has 1 heterocycles. The first kappa shape index (κ1) is 22.2. The Morgan fingerprint density at radius 1 is 1.15 bits per heavy atom.